The maximum absolute atomic E-state index is 10.5. The molecule has 1 heterocycles. The summed E-state index contributed by atoms with van der Waals surface area (Å²) >= 11 is 0. The van der Waals surface area contributed by atoms with Crippen molar-refractivity contribution in [3.8, 4) is 0 Å². The molecule has 3 heteroatoms. The third kappa shape index (κ3) is 1.68. The minimum Gasteiger partial charge on any atom is -0.368 e. The Kier molecular flexibility index (Phi) is 2.05. The van der Waals surface area contributed by atoms with E-state index in [-0.39, 0.29) is 14.8 Å². The molecule has 1 aliphatic rings. The van der Waals surface area contributed by atoms with Crippen LogP contribution < -0.4 is 11.1 Å². The van der Waals surface area contributed by atoms with Gasteiger partial charge in [0.1, 0.15) is 0 Å². The molecule has 1 aliphatic heterocycles. The number of nitrogens with two attached hydrogens (primary N) is 1. The van der Waals surface area contributed by atoms with E-state index < -0.39 is 0 Å². The van der Waals surface area contributed by atoms with E-state index in [1.54, 1.807) is 0 Å². The van der Waals surface area contributed by atoms with Crippen LogP contribution >= 0.6 is 0 Å². The molecule has 0 bridgehead atoms. The lowest BCUT2D eigenvalue weighted by Crippen LogP contribution is -2.44. The first kappa shape index (κ1) is 6.55. The van der Waals surface area contributed by atoms with Gasteiger partial charge in [0, 0.05) is 2.85 Å². The van der Waals surface area contributed by atoms with Crippen LogP contribution in [0, 0.1) is 0 Å². The van der Waals surface area contributed by atoms with Gasteiger partial charge in [0.05, 0.1) is 6.04 Å². The normalized spacial score (nSPS) is 27.8. The number of rotatable bonds is 1. The van der Waals surface area contributed by atoms with Gasteiger partial charge in [-0.15, -0.1) is 0 Å². The van der Waals surface area contributed by atoms with Crippen LogP contribution in [0.3, 0.4) is 0 Å². The van der Waals surface area contributed by atoms with Crippen LogP contribution in [0.1, 0.15) is 22.1 Å². The zero-order valence-electron chi connectivity index (χ0n) is 5.39. The Labute approximate surface area is 57.6 Å². The number of amides is 1. The van der Waals surface area contributed by atoms with Crippen molar-refractivity contribution >= 4 is 5.91 Å². The van der Waals surface area contributed by atoms with Crippen molar-refractivity contribution in [2.24, 2.45) is 5.73 Å². The van der Waals surface area contributed by atoms with Gasteiger partial charge < -0.3 is 11.1 Å². The minimum atomic E-state index is -0.213. The molecule has 3 N–H and O–H groups in total. The number of hydrogen-bond donors (Lipinski definition) is 2. The van der Waals surface area contributed by atoms with E-state index in [2.05, 4.69) is 5.32 Å². The standard InChI is InChI=1S/C6H12N2O.2H2/c7-6(9)5-3-1-2-4-8-5;;/h5,8H,1-4H2,(H2,7,9);2*1H. The SMILES string of the molecule is NC(=O)C1CCCCN1.[HH].[HH]. The van der Waals surface area contributed by atoms with E-state index in [0.717, 1.165) is 19.4 Å². The van der Waals surface area contributed by atoms with Gasteiger partial charge in [-0.25, -0.2) is 0 Å². The molecule has 1 amide bonds. The van der Waals surface area contributed by atoms with Gasteiger partial charge >= 0.3 is 0 Å². The fourth-order valence-electron chi connectivity index (χ4n) is 1.09. The topological polar surface area (TPSA) is 55.1 Å². The van der Waals surface area contributed by atoms with Crippen LogP contribution in [-0.4, -0.2) is 18.5 Å². The molecular weight excluding hydrogens is 116 g/mol. The van der Waals surface area contributed by atoms with Gasteiger partial charge in [0.2, 0.25) is 5.91 Å². The number of piperidine rings is 1. The molecule has 0 aliphatic carbocycles. The average Bonchev–Trinajstić information content (AvgIpc) is 1.90. The minimum absolute atomic E-state index is 0. The number of carbonyl (C=O) groups excluding carboxylic acids is 1. The van der Waals surface area contributed by atoms with Gasteiger partial charge in [-0.05, 0) is 19.4 Å². The summed E-state index contributed by atoms with van der Waals surface area (Å²) in [7, 11) is 0. The monoisotopic (exact) mass is 132 g/mol. The second-order valence-corrected chi connectivity index (χ2v) is 2.40. The summed E-state index contributed by atoms with van der Waals surface area (Å²) in [6, 6.07) is -0.0567. The smallest absolute Gasteiger partial charge is 0.234 e. The third-order valence-electron chi connectivity index (χ3n) is 1.65. The van der Waals surface area contributed by atoms with Crippen LogP contribution in [-0.2, 0) is 4.79 Å². The van der Waals surface area contributed by atoms with E-state index in [9.17, 15) is 4.79 Å². The molecule has 3 nitrogen and oxygen atoms in total. The first-order valence-corrected chi connectivity index (χ1v) is 3.33. The van der Waals surface area contributed by atoms with Crippen molar-refractivity contribution in [3.05, 3.63) is 0 Å². The summed E-state index contributed by atoms with van der Waals surface area (Å²) in [6.07, 6.45) is 3.21. The maximum Gasteiger partial charge on any atom is 0.234 e. The van der Waals surface area contributed by atoms with Crippen LogP contribution in [0.5, 0.6) is 0 Å². The van der Waals surface area contributed by atoms with E-state index in [4.69, 9.17) is 5.73 Å². The molecule has 1 atom stereocenters. The first-order valence-electron chi connectivity index (χ1n) is 3.33. The Balaban J connectivity index is 0. The van der Waals surface area contributed by atoms with Crippen LogP contribution in [0.15, 0.2) is 0 Å². The number of primary amides is 1. The van der Waals surface area contributed by atoms with Crippen molar-refractivity contribution in [1.29, 1.82) is 0 Å². The molecule has 0 spiro atoms. The summed E-state index contributed by atoms with van der Waals surface area (Å²) in [5.41, 5.74) is 5.07. The highest BCUT2D eigenvalue weighted by Crippen LogP contribution is 2.05. The Morgan fingerprint density at radius 1 is 1.67 bits per heavy atom. The van der Waals surface area contributed by atoms with E-state index in [1.165, 1.54) is 6.42 Å². The zero-order valence-corrected chi connectivity index (χ0v) is 5.39. The lowest BCUT2D eigenvalue weighted by molar-refractivity contribution is -0.120. The molecule has 56 valence electrons. The number of hydrogen-bond acceptors (Lipinski definition) is 2. The molecule has 0 aromatic heterocycles. The highest BCUT2D eigenvalue weighted by atomic mass is 16.1. The predicted octanol–water partition coefficient (Wildman–Crippen LogP) is 0.106. The second kappa shape index (κ2) is 2.82. The molecule has 0 aromatic carbocycles. The van der Waals surface area contributed by atoms with Crippen molar-refractivity contribution < 1.29 is 7.65 Å². The molecule has 1 unspecified atom stereocenters. The fourth-order valence-corrected chi connectivity index (χ4v) is 1.09. The fraction of sp³-hybridized carbons (Fsp3) is 0.833. The molecule has 0 aromatic rings. The van der Waals surface area contributed by atoms with Crippen molar-refractivity contribution in [3.63, 3.8) is 0 Å². The highest BCUT2D eigenvalue weighted by molar-refractivity contribution is 5.79. The lowest BCUT2D eigenvalue weighted by Gasteiger charge is -2.19. The summed E-state index contributed by atoms with van der Waals surface area (Å²) in [5.74, 6) is -0.213. The van der Waals surface area contributed by atoms with Gasteiger partial charge in [-0.2, -0.15) is 0 Å². The van der Waals surface area contributed by atoms with Crippen molar-refractivity contribution in [2.75, 3.05) is 6.54 Å². The zero-order chi connectivity index (χ0) is 6.69. The van der Waals surface area contributed by atoms with Crippen molar-refractivity contribution in [2.45, 2.75) is 25.3 Å². The molecule has 9 heavy (non-hydrogen) atoms. The molecule has 1 saturated heterocycles. The lowest BCUT2D eigenvalue weighted by atomic mass is 10.1. The molecule has 1 rings (SSSR count). The largest absolute Gasteiger partial charge is 0.368 e. The summed E-state index contributed by atoms with van der Waals surface area (Å²) < 4.78 is 0. The van der Waals surface area contributed by atoms with Gasteiger partial charge in [-0.3, -0.25) is 4.79 Å². The van der Waals surface area contributed by atoms with Crippen molar-refractivity contribution in [1.82, 2.24) is 5.32 Å². The van der Waals surface area contributed by atoms with Gasteiger partial charge in [-0.1, -0.05) is 6.42 Å². The Morgan fingerprint density at radius 3 is 2.78 bits per heavy atom. The third-order valence-corrected chi connectivity index (χ3v) is 1.65. The summed E-state index contributed by atoms with van der Waals surface area (Å²) in [4.78, 5) is 10.5. The Hall–Kier alpha value is -0.570. The molecule has 1 fully saturated rings. The van der Waals surface area contributed by atoms with E-state index >= 15 is 0 Å². The number of carbonyl (C=O) groups is 1. The highest BCUT2D eigenvalue weighted by Gasteiger charge is 2.16. The summed E-state index contributed by atoms with van der Waals surface area (Å²) in [5, 5.41) is 3.04. The Bertz CT molecular complexity index is 115. The molecule has 0 radical (unpaired) electrons. The van der Waals surface area contributed by atoms with Gasteiger partial charge in [0.25, 0.3) is 0 Å². The van der Waals surface area contributed by atoms with Crippen LogP contribution in [0.4, 0.5) is 0 Å². The summed E-state index contributed by atoms with van der Waals surface area (Å²) in [6.45, 7) is 0.938. The Morgan fingerprint density at radius 2 is 2.44 bits per heavy atom. The molecule has 0 saturated carbocycles. The average molecular weight is 132 g/mol. The van der Waals surface area contributed by atoms with Crippen LogP contribution in [0.25, 0.3) is 0 Å². The molecular formula is C6H16N2O. The number of nitrogens with one attached hydrogen (secondary N) is 1. The van der Waals surface area contributed by atoms with Gasteiger partial charge in [0.15, 0.2) is 0 Å². The van der Waals surface area contributed by atoms with E-state index in [0.29, 0.717) is 0 Å². The predicted molar refractivity (Wildman–Crippen MR) is 39.1 cm³/mol. The van der Waals surface area contributed by atoms with Crippen LogP contribution in [0.2, 0.25) is 0 Å². The second-order valence-electron chi connectivity index (χ2n) is 2.40. The first-order chi connectivity index (χ1) is 4.30. The maximum atomic E-state index is 10.5. The quantitative estimate of drug-likeness (QED) is 0.532. The van der Waals surface area contributed by atoms with E-state index in [1.807, 2.05) is 0 Å².